The van der Waals surface area contributed by atoms with Gasteiger partial charge in [0.2, 0.25) is 0 Å². The summed E-state index contributed by atoms with van der Waals surface area (Å²) < 4.78 is 5.54. The minimum absolute atomic E-state index is 0.491. The Labute approximate surface area is 98.2 Å². The highest BCUT2D eigenvalue weighted by atomic mass is 16.5. The Bertz CT molecular complexity index is 227. The van der Waals surface area contributed by atoms with Crippen molar-refractivity contribution in [2.45, 2.75) is 64.4 Å². The van der Waals surface area contributed by atoms with Crippen LogP contribution in [0.3, 0.4) is 0 Å². The minimum atomic E-state index is -0.892. The molecule has 0 spiro atoms. The SMILES string of the molecule is CCCC1CCCC(OCC)(C(=O)O)CC1. The number of rotatable bonds is 5. The van der Waals surface area contributed by atoms with Gasteiger partial charge in [-0.25, -0.2) is 4.79 Å². The standard InChI is InChI=1S/C13H24O3/c1-3-6-11-7-5-9-13(10-8-11,12(14)15)16-4-2/h11H,3-10H2,1-2H3,(H,14,15). The van der Waals surface area contributed by atoms with E-state index in [9.17, 15) is 9.90 Å². The smallest absolute Gasteiger partial charge is 0.335 e. The first kappa shape index (κ1) is 13.5. The van der Waals surface area contributed by atoms with E-state index in [2.05, 4.69) is 6.92 Å². The maximum atomic E-state index is 11.4. The van der Waals surface area contributed by atoms with Crippen molar-refractivity contribution in [2.24, 2.45) is 5.92 Å². The van der Waals surface area contributed by atoms with Crippen LogP contribution in [0.15, 0.2) is 0 Å². The van der Waals surface area contributed by atoms with E-state index < -0.39 is 11.6 Å². The lowest BCUT2D eigenvalue weighted by molar-refractivity contribution is -0.167. The molecule has 3 heteroatoms. The van der Waals surface area contributed by atoms with Crippen LogP contribution in [-0.2, 0) is 9.53 Å². The Morgan fingerprint density at radius 1 is 1.38 bits per heavy atom. The Balaban J connectivity index is 2.63. The highest BCUT2D eigenvalue weighted by Crippen LogP contribution is 2.35. The molecule has 0 radical (unpaired) electrons. The lowest BCUT2D eigenvalue weighted by atomic mass is 9.92. The zero-order valence-electron chi connectivity index (χ0n) is 10.5. The molecule has 0 aromatic rings. The molecular weight excluding hydrogens is 204 g/mol. The molecule has 1 saturated carbocycles. The van der Waals surface area contributed by atoms with Crippen LogP contribution >= 0.6 is 0 Å². The van der Waals surface area contributed by atoms with Gasteiger partial charge in [0, 0.05) is 6.61 Å². The monoisotopic (exact) mass is 228 g/mol. The second kappa shape index (κ2) is 6.24. The highest BCUT2D eigenvalue weighted by molar-refractivity contribution is 5.77. The van der Waals surface area contributed by atoms with Gasteiger partial charge in [0.1, 0.15) is 0 Å². The largest absolute Gasteiger partial charge is 0.479 e. The third kappa shape index (κ3) is 3.21. The van der Waals surface area contributed by atoms with E-state index in [4.69, 9.17) is 4.74 Å². The summed E-state index contributed by atoms with van der Waals surface area (Å²) in [6, 6.07) is 0. The van der Waals surface area contributed by atoms with Crippen molar-refractivity contribution in [3.05, 3.63) is 0 Å². The molecule has 1 aliphatic rings. The van der Waals surface area contributed by atoms with Gasteiger partial charge in [0.15, 0.2) is 5.60 Å². The number of hydrogen-bond acceptors (Lipinski definition) is 2. The zero-order chi connectivity index (χ0) is 12.0. The molecule has 0 saturated heterocycles. The van der Waals surface area contributed by atoms with E-state index in [-0.39, 0.29) is 0 Å². The summed E-state index contributed by atoms with van der Waals surface area (Å²) in [5.74, 6) is -0.0711. The van der Waals surface area contributed by atoms with Gasteiger partial charge in [-0.1, -0.05) is 26.2 Å². The van der Waals surface area contributed by atoms with Gasteiger partial charge in [-0.05, 0) is 38.5 Å². The maximum absolute atomic E-state index is 11.4. The lowest BCUT2D eigenvalue weighted by Crippen LogP contribution is -2.41. The van der Waals surface area contributed by atoms with Gasteiger partial charge < -0.3 is 9.84 Å². The Morgan fingerprint density at radius 2 is 2.12 bits per heavy atom. The molecule has 3 nitrogen and oxygen atoms in total. The molecule has 1 rings (SSSR count). The predicted octanol–water partition coefficient (Wildman–Crippen LogP) is 3.23. The van der Waals surface area contributed by atoms with Crippen LogP contribution in [0.1, 0.15) is 58.8 Å². The summed E-state index contributed by atoms with van der Waals surface area (Å²) in [4.78, 5) is 11.4. The molecular formula is C13H24O3. The van der Waals surface area contributed by atoms with Gasteiger partial charge in [-0.15, -0.1) is 0 Å². The maximum Gasteiger partial charge on any atom is 0.335 e. The lowest BCUT2D eigenvalue weighted by Gasteiger charge is -2.27. The molecule has 0 aromatic carbocycles. The first-order valence-electron chi connectivity index (χ1n) is 6.52. The normalized spacial score (nSPS) is 31.0. The van der Waals surface area contributed by atoms with Crippen LogP contribution in [0, 0.1) is 5.92 Å². The number of aliphatic carboxylic acids is 1. The number of carboxylic acids is 1. The fourth-order valence-corrected chi connectivity index (χ4v) is 2.78. The summed E-state index contributed by atoms with van der Waals surface area (Å²) in [5.41, 5.74) is -0.892. The van der Waals surface area contributed by atoms with E-state index in [1.165, 1.54) is 12.8 Å². The Kier molecular flexibility index (Phi) is 5.26. The number of carbonyl (C=O) groups is 1. The molecule has 16 heavy (non-hydrogen) atoms. The molecule has 0 heterocycles. The third-order valence-electron chi connectivity index (χ3n) is 3.66. The van der Waals surface area contributed by atoms with Gasteiger partial charge in [-0.2, -0.15) is 0 Å². The Morgan fingerprint density at radius 3 is 2.69 bits per heavy atom. The van der Waals surface area contributed by atoms with E-state index in [1.54, 1.807) is 0 Å². The molecule has 0 amide bonds. The van der Waals surface area contributed by atoms with Crippen molar-refractivity contribution >= 4 is 5.97 Å². The van der Waals surface area contributed by atoms with Crippen molar-refractivity contribution in [3.8, 4) is 0 Å². The fraction of sp³-hybridized carbons (Fsp3) is 0.923. The molecule has 1 N–H and O–H groups in total. The quantitative estimate of drug-likeness (QED) is 0.735. The van der Waals surface area contributed by atoms with E-state index in [0.29, 0.717) is 25.4 Å². The first-order chi connectivity index (χ1) is 7.64. The van der Waals surface area contributed by atoms with Crippen LogP contribution in [0.5, 0.6) is 0 Å². The minimum Gasteiger partial charge on any atom is -0.479 e. The van der Waals surface area contributed by atoms with Crippen LogP contribution in [-0.4, -0.2) is 23.3 Å². The van der Waals surface area contributed by atoms with Gasteiger partial charge in [0.25, 0.3) is 0 Å². The highest BCUT2D eigenvalue weighted by Gasteiger charge is 2.40. The summed E-state index contributed by atoms with van der Waals surface area (Å²) >= 11 is 0. The Hall–Kier alpha value is -0.570. The summed E-state index contributed by atoms with van der Waals surface area (Å²) in [5, 5.41) is 9.34. The van der Waals surface area contributed by atoms with Gasteiger partial charge in [-0.3, -0.25) is 0 Å². The van der Waals surface area contributed by atoms with E-state index in [0.717, 1.165) is 19.3 Å². The van der Waals surface area contributed by atoms with Gasteiger partial charge >= 0.3 is 5.97 Å². The van der Waals surface area contributed by atoms with Crippen LogP contribution in [0.2, 0.25) is 0 Å². The average molecular weight is 228 g/mol. The van der Waals surface area contributed by atoms with E-state index >= 15 is 0 Å². The summed E-state index contributed by atoms with van der Waals surface area (Å²) in [6.07, 6.45) is 6.92. The van der Waals surface area contributed by atoms with E-state index in [1.807, 2.05) is 6.92 Å². The summed E-state index contributed by atoms with van der Waals surface area (Å²) in [7, 11) is 0. The van der Waals surface area contributed by atoms with Gasteiger partial charge in [0.05, 0.1) is 0 Å². The third-order valence-corrected chi connectivity index (χ3v) is 3.66. The van der Waals surface area contributed by atoms with Crippen molar-refractivity contribution in [1.82, 2.24) is 0 Å². The molecule has 0 bridgehead atoms. The van der Waals surface area contributed by atoms with Crippen LogP contribution in [0.4, 0.5) is 0 Å². The molecule has 0 aromatic heterocycles. The number of ether oxygens (including phenoxy) is 1. The first-order valence-corrected chi connectivity index (χ1v) is 6.52. The number of hydrogen-bond donors (Lipinski definition) is 1. The molecule has 0 aliphatic heterocycles. The summed E-state index contributed by atoms with van der Waals surface area (Å²) in [6.45, 7) is 4.56. The predicted molar refractivity (Wildman–Crippen MR) is 63.5 cm³/mol. The van der Waals surface area contributed by atoms with Crippen molar-refractivity contribution in [3.63, 3.8) is 0 Å². The molecule has 94 valence electrons. The van der Waals surface area contributed by atoms with Crippen LogP contribution in [0.25, 0.3) is 0 Å². The van der Waals surface area contributed by atoms with Crippen molar-refractivity contribution < 1.29 is 14.6 Å². The second-order valence-corrected chi connectivity index (χ2v) is 4.82. The second-order valence-electron chi connectivity index (χ2n) is 4.82. The topological polar surface area (TPSA) is 46.5 Å². The van der Waals surface area contributed by atoms with Crippen molar-refractivity contribution in [1.29, 1.82) is 0 Å². The fourth-order valence-electron chi connectivity index (χ4n) is 2.78. The molecule has 1 aliphatic carbocycles. The molecule has 2 unspecified atom stereocenters. The van der Waals surface area contributed by atoms with Crippen LogP contribution < -0.4 is 0 Å². The molecule has 2 atom stereocenters. The number of carboxylic acid groups (broad SMARTS) is 1. The van der Waals surface area contributed by atoms with Crippen molar-refractivity contribution in [2.75, 3.05) is 6.61 Å². The average Bonchev–Trinajstić information content (AvgIpc) is 2.44. The molecule has 1 fully saturated rings. The zero-order valence-corrected chi connectivity index (χ0v) is 10.5.